The van der Waals surface area contributed by atoms with Gasteiger partial charge in [0.2, 0.25) is 5.96 Å². The minimum absolute atomic E-state index is 0.150. The molecule has 0 radical (unpaired) electrons. The van der Waals surface area contributed by atoms with Gasteiger partial charge in [-0.25, -0.2) is 10.8 Å². The van der Waals surface area contributed by atoms with Crippen LogP contribution in [0.5, 0.6) is 0 Å². The number of nitrogens with one attached hydrogen (secondary N) is 1. The molecule has 0 amide bonds. The van der Waals surface area contributed by atoms with Crippen molar-refractivity contribution in [2.24, 2.45) is 16.6 Å². The molecule has 0 aliphatic rings. The van der Waals surface area contributed by atoms with Crippen LogP contribution in [0.1, 0.15) is 0 Å². The highest BCUT2D eigenvalue weighted by molar-refractivity contribution is 6.30. The van der Waals surface area contributed by atoms with Gasteiger partial charge in [0, 0.05) is 5.02 Å². The lowest BCUT2D eigenvalue weighted by molar-refractivity contribution is -0.742. The first kappa shape index (κ1) is 13.9. The summed E-state index contributed by atoms with van der Waals surface area (Å²) in [5.41, 5.74) is 8.21. The topological polar surface area (TPSA) is 140 Å². The molecule has 8 nitrogen and oxygen atoms in total. The molecular formula is C7H10ClN5O3. The van der Waals surface area contributed by atoms with E-state index in [1.165, 1.54) is 0 Å². The molecule has 88 valence electrons. The summed E-state index contributed by atoms with van der Waals surface area (Å²) in [5.74, 6) is 5.17. The van der Waals surface area contributed by atoms with Crippen LogP contribution in [0.4, 0.5) is 5.69 Å². The smallest absolute Gasteiger partial charge is 0.291 e. The van der Waals surface area contributed by atoms with Crippen LogP contribution in [0.2, 0.25) is 5.02 Å². The van der Waals surface area contributed by atoms with E-state index in [2.05, 4.69) is 10.4 Å². The summed E-state index contributed by atoms with van der Waals surface area (Å²) in [6.07, 6.45) is 0. The molecule has 0 aromatic heterocycles. The molecule has 0 aliphatic carbocycles. The fourth-order valence-electron chi connectivity index (χ4n) is 0.717. The molecule has 16 heavy (non-hydrogen) atoms. The highest BCUT2D eigenvalue weighted by atomic mass is 35.5. The van der Waals surface area contributed by atoms with Crippen LogP contribution in [0.15, 0.2) is 29.3 Å². The average molecular weight is 248 g/mol. The fourth-order valence-corrected chi connectivity index (χ4v) is 0.902. The molecule has 1 aromatic rings. The van der Waals surface area contributed by atoms with Crippen LogP contribution in [0.25, 0.3) is 0 Å². The maximum Gasteiger partial charge on any atom is 0.291 e. The maximum atomic E-state index is 8.36. The minimum Gasteiger partial charge on any atom is -0.369 e. The van der Waals surface area contributed by atoms with Crippen molar-refractivity contribution in [3.63, 3.8) is 0 Å². The predicted molar refractivity (Wildman–Crippen MR) is 58.8 cm³/mol. The van der Waals surface area contributed by atoms with Crippen LogP contribution >= 0.6 is 11.6 Å². The Morgan fingerprint density at radius 3 is 2.62 bits per heavy atom. The largest absolute Gasteiger partial charge is 0.369 e. The zero-order valence-electron chi connectivity index (χ0n) is 8.00. The SMILES string of the molecule is NNC(N)=Nc1cccc(Cl)c1.O=[N+]([O-])O. The lowest BCUT2D eigenvalue weighted by atomic mass is 10.3. The Bertz CT molecular complexity index is 380. The number of benzene rings is 1. The summed E-state index contributed by atoms with van der Waals surface area (Å²) in [4.78, 5) is 12.3. The van der Waals surface area contributed by atoms with Crippen molar-refractivity contribution in [1.82, 2.24) is 5.43 Å². The summed E-state index contributed by atoms with van der Waals surface area (Å²) in [6.45, 7) is 0. The Labute approximate surface area is 95.6 Å². The average Bonchev–Trinajstić information content (AvgIpc) is 2.16. The molecule has 0 atom stereocenters. The van der Waals surface area contributed by atoms with Crippen molar-refractivity contribution in [2.45, 2.75) is 0 Å². The van der Waals surface area contributed by atoms with Crippen LogP contribution in [0, 0.1) is 10.1 Å². The second-order valence-electron chi connectivity index (χ2n) is 2.36. The molecule has 0 spiro atoms. The molecule has 0 heterocycles. The van der Waals surface area contributed by atoms with Crippen LogP contribution in [0.3, 0.4) is 0 Å². The number of halogens is 1. The molecule has 0 saturated heterocycles. The van der Waals surface area contributed by atoms with E-state index in [0.29, 0.717) is 10.7 Å². The van der Waals surface area contributed by atoms with Crippen molar-refractivity contribution in [3.05, 3.63) is 39.4 Å². The van der Waals surface area contributed by atoms with Crippen molar-refractivity contribution >= 4 is 23.2 Å². The zero-order valence-corrected chi connectivity index (χ0v) is 8.76. The first-order valence-electron chi connectivity index (χ1n) is 3.85. The van der Waals surface area contributed by atoms with Crippen molar-refractivity contribution in [3.8, 4) is 0 Å². The molecule has 1 rings (SSSR count). The van der Waals surface area contributed by atoms with E-state index in [0.717, 1.165) is 0 Å². The van der Waals surface area contributed by atoms with E-state index < -0.39 is 5.09 Å². The van der Waals surface area contributed by atoms with Gasteiger partial charge in [-0.1, -0.05) is 17.7 Å². The summed E-state index contributed by atoms with van der Waals surface area (Å²) >= 11 is 5.71. The third-order valence-corrected chi connectivity index (χ3v) is 1.44. The summed E-state index contributed by atoms with van der Waals surface area (Å²) in [6, 6.07) is 7.00. The van der Waals surface area contributed by atoms with Gasteiger partial charge in [0.05, 0.1) is 5.69 Å². The molecule has 9 heteroatoms. The number of hydrazine groups is 1. The number of rotatable bonds is 1. The molecular weight excluding hydrogens is 238 g/mol. The van der Waals surface area contributed by atoms with Gasteiger partial charge in [0.1, 0.15) is 0 Å². The molecule has 0 saturated carbocycles. The van der Waals surface area contributed by atoms with Crippen molar-refractivity contribution < 1.29 is 10.3 Å². The number of nitrogens with two attached hydrogens (primary N) is 2. The predicted octanol–water partition coefficient (Wildman–Crippen LogP) is 0.402. The van der Waals surface area contributed by atoms with E-state index >= 15 is 0 Å². The van der Waals surface area contributed by atoms with E-state index in [1.807, 2.05) is 0 Å². The lowest BCUT2D eigenvalue weighted by Gasteiger charge is -1.98. The molecule has 0 fully saturated rings. The Kier molecular flexibility index (Phi) is 6.33. The van der Waals surface area contributed by atoms with Gasteiger partial charge in [-0.15, -0.1) is 10.1 Å². The number of nitrogens with zero attached hydrogens (tertiary/aromatic N) is 2. The summed E-state index contributed by atoms with van der Waals surface area (Å²) < 4.78 is 0. The minimum atomic E-state index is -1.50. The standard InChI is InChI=1S/C7H9ClN4.HNO3/c8-5-2-1-3-6(4-5)11-7(9)12-10;2-1(3)4/h1-4H,10H2,(H3,9,11,12);(H,2,3,4). The van der Waals surface area contributed by atoms with Gasteiger partial charge in [-0.2, -0.15) is 0 Å². The highest BCUT2D eigenvalue weighted by Gasteiger charge is 1.91. The van der Waals surface area contributed by atoms with E-state index in [4.69, 9.17) is 38.5 Å². The summed E-state index contributed by atoms with van der Waals surface area (Å²) in [7, 11) is 0. The summed E-state index contributed by atoms with van der Waals surface area (Å²) in [5, 5.41) is 14.3. The number of aliphatic imine (C=N–C) groups is 1. The quantitative estimate of drug-likeness (QED) is 0.186. The van der Waals surface area contributed by atoms with E-state index in [-0.39, 0.29) is 5.96 Å². The molecule has 0 aliphatic heterocycles. The third kappa shape index (κ3) is 7.35. The first-order chi connectivity index (χ1) is 7.45. The maximum absolute atomic E-state index is 8.36. The molecule has 1 aromatic carbocycles. The monoisotopic (exact) mass is 247 g/mol. The Hall–Kier alpha value is -2.06. The second-order valence-corrected chi connectivity index (χ2v) is 2.80. The Balaban J connectivity index is 0.000000487. The Morgan fingerprint density at radius 2 is 2.19 bits per heavy atom. The second kappa shape index (κ2) is 7.26. The van der Waals surface area contributed by atoms with Crippen molar-refractivity contribution in [2.75, 3.05) is 0 Å². The van der Waals surface area contributed by atoms with E-state index in [1.54, 1.807) is 24.3 Å². The van der Waals surface area contributed by atoms with Crippen molar-refractivity contribution in [1.29, 1.82) is 0 Å². The van der Waals surface area contributed by atoms with Crippen LogP contribution < -0.4 is 17.0 Å². The number of hydrogen-bond acceptors (Lipinski definition) is 4. The zero-order chi connectivity index (χ0) is 12.6. The number of hydrogen-bond donors (Lipinski definition) is 4. The van der Waals surface area contributed by atoms with Gasteiger partial charge in [-0.05, 0) is 18.2 Å². The third-order valence-electron chi connectivity index (χ3n) is 1.21. The highest BCUT2D eigenvalue weighted by Crippen LogP contribution is 2.17. The molecule has 0 bridgehead atoms. The molecule has 6 N–H and O–H groups in total. The van der Waals surface area contributed by atoms with Crippen LogP contribution in [-0.2, 0) is 0 Å². The first-order valence-corrected chi connectivity index (χ1v) is 4.23. The fraction of sp³-hybridized carbons (Fsp3) is 0. The number of guanidine groups is 1. The molecule has 0 unspecified atom stereocenters. The lowest BCUT2D eigenvalue weighted by Crippen LogP contribution is -2.36. The van der Waals surface area contributed by atoms with Gasteiger partial charge in [0.25, 0.3) is 5.09 Å². The van der Waals surface area contributed by atoms with Gasteiger partial charge in [-0.3, -0.25) is 5.43 Å². The Morgan fingerprint density at radius 1 is 1.62 bits per heavy atom. The van der Waals surface area contributed by atoms with Crippen LogP contribution in [-0.4, -0.2) is 16.3 Å². The van der Waals surface area contributed by atoms with Gasteiger partial charge in [0.15, 0.2) is 0 Å². The van der Waals surface area contributed by atoms with Gasteiger partial charge >= 0.3 is 0 Å². The normalized spacial score (nSPS) is 10.0. The van der Waals surface area contributed by atoms with Gasteiger partial charge < -0.3 is 10.9 Å². The van der Waals surface area contributed by atoms with E-state index in [9.17, 15) is 0 Å².